The lowest BCUT2D eigenvalue weighted by molar-refractivity contribution is 1.21. The van der Waals surface area contributed by atoms with Gasteiger partial charge in [-0.2, -0.15) is 0 Å². The van der Waals surface area contributed by atoms with Crippen LogP contribution in [0.1, 0.15) is 34.6 Å². The minimum Gasteiger partial charge on any atom is -0.134 e. The van der Waals surface area contributed by atoms with Gasteiger partial charge in [0.1, 0.15) is 0 Å². The van der Waals surface area contributed by atoms with E-state index in [2.05, 4.69) is 40.9 Å². The summed E-state index contributed by atoms with van der Waals surface area (Å²) in [6.45, 7) is 10.9. The summed E-state index contributed by atoms with van der Waals surface area (Å²) in [5, 5.41) is 0. The SMILES string of the molecule is CS/C(C)=C(/C)C(C)=C(C)C. The molecule has 0 heterocycles. The van der Waals surface area contributed by atoms with Crippen LogP contribution in [0.2, 0.25) is 0 Å². The fraction of sp³-hybridized carbons (Fsp3) is 0.600. The van der Waals surface area contributed by atoms with Crippen molar-refractivity contribution in [2.24, 2.45) is 0 Å². The number of allylic oxidation sites excluding steroid dienone is 4. The standard InChI is InChI=1S/C10H18S/c1-7(2)8(3)9(4)10(5)11-6/h1-6H3/b10-9-. The topological polar surface area (TPSA) is 0 Å². The Morgan fingerprint density at radius 2 is 1.27 bits per heavy atom. The van der Waals surface area contributed by atoms with Gasteiger partial charge in [-0.05, 0) is 56.9 Å². The predicted octanol–water partition coefficient (Wildman–Crippen LogP) is 4.00. The molecular weight excluding hydrogens is 152 g/mol. The highest BCUT2D eigenvalue weighted by molar-refractivity contribution is 8.02. The van der Waals surface area contributed by atoms with Crippen molar-refractivity contribution in [3.05, 3.63) is 21.6 Å². The largest absolute Gasteiger partial charge is 0.134 e. The van der Waals surface area contributed by atoms with Gasteiger partial charge in [0.05, 0.1) is 0 Å². The predicted molar refractivity (Wildman–Crippen MR) is 55.9 cm³/mol. The molecule has 11 heavy (non-hydrogen) atoms. The van der Waals surface area contributed by atoms with Crippen LogP contribution in [0.5, 0.6) is 0 Å². The lowest BCUT2D eigenvalue weighted by atomic mass is 10.1. The molecule has 0 aromatic carbocycles. The summed E-state index contributed by atoms with van der Waals surface area (Å²) < 4.78 is 0. The van der Waals surface area contributed by atoms with Crippen molar-refractivity contribution in [3.63, 3.8) is 0 Å². The average molecular weight is 170 g/mol. The van der Waals surface area contributed by atoms with Crippen molar-refractivity contribution in [1.29, 1.82) is 0 Å². The molecule has 0 aliphatic carbocycles. The summed E-state index contributed by atoms with van der Waals surface area (Å²) in [6, 6.07) is 0. The highest BCUT2D eigenvalue weighted by Crippen LogP contribution is 2.23. The molecule has 0 aliphatic rings. The molecule has 0 N–H and O–H groups in total. The van der Waals surface area contributed by atoms with E-state index >= 15 is 0 Å². The van der Waals surface area contributed by atoms with Gasteiger partial charge in [-0.1, -0.05) is 5.57 Å². The van der Waals surface area contributed by atoms with Crippen LogP contribution in [-0.4, -0.2) is 6.26 Å². The van der Waals surface area contributed by atoms with Gasteiger partial charge in [0.15, 0.2) is 0 Å². The molecule has 0 nitrogen and oxygen atoms in total. The molecule has 1 heteroatoms. The van der Waals surface area contributed by atoms with E-state index in [1.54, 1.807) is 0 Å². The van der Waals surface area contributed by atoms with E-state index in [4.69, 9.17) is 0 Å². The zero-order valence-corrected chi connectivity index (χ0v) is 9.22. The first-order chi connectivity index (χ1) is 5.00. The lowest BCUT2D eigenvalue weighted by Gasteiger charge is -2.07. The fourth-order valence-electron chi connectivity index (χ4n) is 0.792. The molecule has 0 atom stereocenters. The third-order valence-electron chi connectivity index (χ3n) is 2.15. The normalized spacial score (nSPS) is 12.5. The Labute approximate surface area is 74.8 Å². The molecule has 64 valence electrons. The number of hydrogen-bond donors (Lipinski definition) is 0. The molecular formula is C10H18S. The third-order valence-corrected chi connectivity index (χ3v) is 3.07. The smallest absolute Gasteiger partial charge is 0.0140 e. The first-order valence-electron chi connectivity index (χ1n) is 3.86. The molecule has 0 amide bonds. The zero-order chi connectivity index (χ0) is 9.02. The van der Waals surface area contributed by atoms with E-state index in [1.807, 2.05) is 11.8 Å². The Hall–Kier alpha value is -0.170. The lowest BCUT2D eigenvalue weighted by Crippen LogP contribution is -1.85. The first kappa shape index (κ1) is 10.8. The van der Waals surface area contributed by atoms with Crippen LogP contribution in [0, 0.1) is 0 Å². The molecule has 0 bridgehead atoms. The second-order valence-electron chi connectivity index (χ2n) is 3.01. The number of rotatable bonds is 2. The molecule has 0 unspecified atom stereocenters. The van der Waals surface area contributed by atoms with Gasteiger partial charge in [-0.25, -0.2) is 0 Å². The van der Waals surface area contributed by atoms with E-state index in [0.29, 0.717) is 0 Å². The van der Waals surface area contributed by atoms with E-state index in [1.165, 1.54) is 21.6 Å². The van der Waals surface area contributed by atoms with Crippen molar-refractivity contribution in [2.45, 2.75) is 34.6 Å². The molecule has 0 rings (SSSR count). The van der Waals surface area contributed by atoms with Gasteiger partial charge in [0.25, 0.3) is 0 Å². The van der Waals surface area contributed by atoms with Crippen molar-refractivity contribution in [3.8, 4) is 0 Å². The Morgan fingerprint density at radius 3 is 1.55 bits per heavy atom. The van der Waals surface area contributed by atoms with E-state index in [0.717, 1.165) is 0 Å². The van der Waals surface area contributed by atoms with Crippen LogP contribution < -0.4 is 0 Å². The van der Waals surface area contributed by atoms with Crippen LogP contribution in [0.25, 0.3) is 0 Å². The molecule has 0 aromatic rings. The maximum absolute atomic E-state index is 2.19. The Kier molecular flexibility index (Phi) is 4.58. The van der Waals surface area contributed by atoms with Gasteiger partial charge < -0.3 is 0 Å². The number of hydrogen-bond acceptors (Lipinski definition) is 1. The van der Waals surface area contributed by atoms with Crippen LogP contribution in [-0.2, 0) is 0 Å². The van der Waals surface area contributed by atoms with Crippen LogP contribution >= 0.6 is 11.8 Å². The van der Waals surface area contributed by atoms with Gasteiger partial charge in [0, 0.05) is 0 Å². The van der Waals surface area contributed by atoms with Gasteiger partial charge >= 0.3 is 0 Å². The minimum atomic E-state index is 1.41. The quantitative estimate of drug-likeness (QED) is 0.564. The van der Waals surface area contributed by atoms with Crippen molar-refractivity contribution in [2.75, 3.05) is 6.26 Å². The molecule has 0 aromatic heterocycles. The van der Waals surface area contributed by atoms with E-state index in [9.17, 15) is 0 Å². The van der Waals surface area contributed by atoms with E-state index < -0.39 is 0 Å². The van der Waals surface area contributed by atoms with Crippen LogP contribution in [0.15, 0.2) is 21.6 Å². The summed E-state index contributed by atoms with van der Waals surface area (Å²) in [4.78, 5) is 1.42. The van der Waals surface area contributed by atoms with E-state index in [-0.39, 0.29) is 0 Å². The zero-order valence-electron chi connectivity index (χ0n) is 8.41. The molecule has 0 spiro atoms. The maximum Gasteiger partial charge on any atom is -0.0140 e. The second-order valence-corrected chi connectivity index (χ2v) is 4.03. The summed E-state index contributed by atoms with van der Waals surface area (Å²) >= 11 is 1.82. The van der Waals surface area contributed by atoms with Crippen molar-refractivity contribution >= 4 is 11.8 Å². The number of thioether (sulfide) groups is 1. The van der Waals surface area contributed by atoms with Gasteiger partial charge in [-0.15, -0.1) is 11.8 Å². The first-order valence-corrected chi connectivity index (χ1v) is 5.09. The summed E-state index contributed by atoms with van der Waals surface area (Å²) in [5.41, 5.74) is 4.27. The maximum atomic E-state index is 2.19. The van der Waals surface area contributed by atoms with Crippen molar-refractivity contribution in [1.82, 2.24) is 0 Å². The summed E-state index contributed by atoms with van der Waals surface area (Å²) in [7, 11) is 0. The Bertz CT molecular complexity index is 193. The highest BCUT2D eigenvalue weighted by atomic mass is 32.2. The fourth-order valence-corrected chi connectivity index (χ4v) is 1.25. The third kappa shape index (κ3) is 3.15. The summed E-state index contributed by atoms with van der Waals surface area (Å²) in [5.74, 6) is 0. The minimum absolute atomic E-state index is 1.41. The van der Waals surface area contributed by atoms with Gasteiger partial charge in [-0.3, -0.25) is 0 Å². The molecule has 0 radical (unpaired) electrons. The van der Waals surface area contributed by atoms with Crippen LogP contribution in [0.4, 0.5) is 0 Å². The second kappa shape index (κ2) is 4.66. The molecule has 0 saturated carbocycles. The summed E-state index contributed by atoms with van der Waals surface area (Å²) in [6.07, 6.45) is 2.12. The molecule has 0 fully saturated rings. The van der Waals surface area contributed by atoms with Gasteiger partial charge in [0.2, 0.25) is 0 Å². The Morgan fingerprint density at radius 1 is 0.818 bits per heavy atom. The molecule has 0 saturated heterocycles. The Balaban J connectivity index is 4.75. The molecule has 0 aliphatic heterocycles. The average Bonchev–Trinajstić information content (AvgIpc) is 2.00. The highest BCUT2D eigenvalue weighted by Gasteiger charge is 1.98. The van der Waals surface area contributed by atoms with Crippen molar-refractivity contribution < 1.29 is 0 Å². The van der Waals surface area contributed by atoms with Crippen LogP contribution in [0.3, 0.4) is 0 Å². The monoisotopic (exact) mass is 170 g/mol.